The molecule has 0 bridgehead atoms. The van der Waals surface area contributed by atoms with Gasteiger partial charge in [-0.05, 0) is 105 Å². The van der Waals surface area contributed by atoms with Gasteiger partial charge < -0.3 is 9.84 Å². The fraction of sp³-hybridized carbons (Fsp3) is 0.844. The number of allylic oxidation sites excluding steroid dienone is 2. The summed E-state index contributed by atoms with van der Waals surface area (Å²) in [4.78, 5) is 11.8. The molecule has 1 N–H and O–H groups in total. The van der Waals surface area contributed by atoms with E-state index in [0.717, 1.165) is 37.7 Å². The van der Waals surface area contributed by atoms with E-state index in [1.807, 2.05) is 6.92 Å². The Hall–Kier alpha value is -1.09. The Balaban J connectivity index is 1.59. The lowest BCUT2D eigenvalue weighted by molar-refractivity contribution is -0.174. The van der Waals surface area contributed by atoms with Crippen molar-refractivity contribution in [3.8, 4) is 0 Å². The maximum absolute atomic E-state index is 11.8. The van der Waals surface area contributed by atoms with Gasteiger partial charge in [0.1, 0.15) is 6.10 Å². The van der Waals surface area contributed by atoms with Crippen molar-refractivity contribution in [2.24, 2.45) is 45.3 Å². The van der Waals surface area contributed by atoms with Crippen molar-refractivity contribution in [1.82, 2.24) is 0 Å². The SMILES string of the molecule is C=C(C)[C@@H](O)CC[C@@H](C)[C@@H]1CC[C@]2(C)C3=CC[C@H]4C(C)(C)[C@@H](OC(C)=O)CC[C@]4(C)[C@H]3CC[C@@]12C. The number of fused-ring (bicyclic) bond motifs is 5. The van der Waals surface area contributed by atoms with Crippen LogP contribution in [0.1, 0.15) is 113 Å². The first kappa shape index (κ1) is 27.0. The van der Waals surface area contributed by atoms with Crippen LogP contribution in [0.3, 0.4) is 0 Å². The van der Waals surface area contributed by atoms with Crippen LogP contribution in [0, 0.1) is 45.3 Å². The van der Waals surface area contributed by atoms with E-state index in [4.69, 9.17) is 4.74 Å². The van der Waals surface area contributed by atoms with Crippen molar-refractivity contribution in [2.75, 3.05) is 0 Å². The van der Waals surface area contributed by atoms with Crippen molar-refractivity contribution in [2.45, 2.75) is 125 Å². The zero-order valence-corrected chi connectivity index (χ0v) is 23.9. The number of esters is 1. The first-order valence-electron chi connectivity index (χ1n) is 14.4. The molecule has 0 radical (unpaired) electrons. The third-order valence-electron chi connectivity index (χ3n) is 12.3. The second-order valence-corrected chi connectivity index (χ2v) is 14.3. The molecular formula is C32H52O3. The molecule has 9 atom stereocenters. The molecular weight excluding hydrogens is 432 g/mol. The van der Waals surface area contributed by atoms with Crippen LogP contribution in [-0.2, 0) is 9.53 Å². The van der Waals surface area contributed by atoms with Crippen molar-refractivity contribution >= 4 is 5.97 Å². The number of aliphatic hydroxyl groups excluding tert-OH is 1. The van der Waals surface area contributed by atoms with E-state index >= 15 is 0 Å². The summed E-state index contributed by atoms with van der Waals surface area (Å²) in [6.07, 6.45) is 12.7. The van der Waals surface area contributed by atoms with Gasteiger partial charge >= 0.3 is 5.97 Å². The maximum atomic E-state index is 11.8. The van der Waals surface area contributed by atoms with Crippen LogP contribution in [0.4, 0.5) is 0 Å². The van der Waals surface area contributed by atoms with Crippen LogP contribution in [0.15, 0.2) is 23.8 Å². The lowest BCUT2D eigenvalue weighted by Crippen LogP contribution is -2.58. The van der Waals surface area contributed by atoms with Crippen LogP contribution in [0.25, 0.3) is 0 Å². The average Bonchev–Trinajstić information content (AvgIpc) is 3.05. The van der Waals surface area contributed by atoms with Gasteiger partial charge in [-0.15, -0.1) is 0 Å². The summed E-state index contributed by atoms with van der Waals surface area (Å²) in [5, 5.41) is 10.3. The molecule has 0 aromatic rings. The minimum Gasteiger partial charge on any atom is -0.462 e. The molecule has 3 heteroatoms. The molecule has 3 saturated carbocycles. The van der Waals surface area contributed by atoms with Gasteiger partial charge in [0.2, 0.25) is 0 Å². The van der Waals surface area contributed by atoms with Crippen LogP contribution in [0.5, 0.6) is 0 Å². The molecule has 4 aliphatic carbocycles. The number of carbonyl (C=O) groups excluding carboxylic acids is 1. The summed E-state index contributed by atoms with van der Waals surface area (Å²) in [5.74, 6) is 2.40. The van der Waals surface area contributed by atoms with E-state index < -0.39 is 0 Å². The normalized spacial score (nSPS) is 43.7. The zero-order valence-electron chi connectivity index (χ0n) is 23.9. The molecule has 0 aromatic heterocycles. The lowest BCUT2D eigenvalue weighted by atomic mass is 9.41. The van der Waals surface area contributed by atoms with E-state index in [1.54, 1.807) is 12.5 Å². The van der Waals surface area contributed by atoms with Gasteiger partial charge in [0.25, 0.3) is 0 Å². The molecule has 0 heterocycles. The van der Waals surface area contributed by atoms with Gasteiger partial charge in [0.15, 0.2) is 0 Å². The highest BCUT2D eigenvalue weighted by Gasteiger charge is 2.65. The predicted molar refractivity (Wildman–Crippen MR) is 144 cm³/mol. The largest absolute Gasteiger partial charge is 0.462 e. The predicted octanol–water partition coefficient (Wildman–Crippen LogP) is 7.88. The summed E-state index contributed by atoms with van der Waals surface area (Å²) in [6.45, 7) is 22.4. The summed E-state index contributed by atoms with van der Waals surface area (Å²) < 4.78 is 5.85. The smallest absolute Gasteiger partial charge is 0.302 e. The van der Waals surface area contributed by atoms with Gasteiger partial charge in [0, 0.05) is 12.3 Å². The Morgan fingerprint density at radius 1 is 1.09 bits per heavy atom. The highest BCUT2D eigenvalue weighted by molar-refractivity contribution is 5.66. The van der Waals surface area contributed by atoms with E-state index in [1.165, 1.54) is 25.7 Å². The van der Waals surface area contributed by atoms with Gasteiger partial charge in [0.05, 0.1) is 6.10 Å². The molecule has 198 valence electrons. The Morgan fingerprint density at radius 3 is 2.40 bits per heavy atom. The molecule has 0 aromatic carbocycles. The molecule has 0 aliphatic heterocycles. The van der Waals surface area contributed by atoms with E-state index in [9.17, 15) is 9.90 Å². The topological polar surface area (TPSA) is 46.5 Å². The quantitative estimate of drug-likeness (QED) is 0.308. The fourth-order valence-corrected chi connectivity index (χ4v) is 9.92. The number of ether oxygens (including phenoxy) is 1. The second kappa shape index (κ2) is 9.03. The molecule has 0 spiro atoms. The molecule has 3 fully saturated rings. The Kier molecular flexibility index (Phi) is 6.96. The van der Waals surface area contributed by atoms with Crippen molar-refractivity contribution < 1.29 is 14.6 Å². The molecule has 0 amide bonds. The summed E-state index contributed by atoms with van der Waals surface area (Å²) in [5.41, 5.74) is 3.54. The van der Waals surface area contributed by atoms with Crippen LogP contribution in [-0.4, -0.2) is 23.3 Å². The third-order valence-corrected chi connectivity index (χ3v) is 12.3. The molecule has 0 unspecified atom stereocenters. The van der Waals surface area contributed by atoms with Gasteiger partial charge in [-0.1, -0.05) is 65.3 Å². The van der Waals surface area contributed by atoms with Gasteiger partial charge in [-0.25, -0.2) is 0 Å². The van der Waals surface area contributed by atoms with Crippen molar-refractivity contribution in [1.29, 1.82) is 0 Å². The monoisotopic (exact) mass is 484 g/mol. The minimum atomic E-state index is -0.364. The first-order chi connectivity index (χ1) is 16.2. The maximum Gasteiger partial charge on any atom is 0.302 e. The first-order valence-corrected chi connectivity index (χ1v) is 14.4. The zero-order chi connectivity index (χ0) is 26.0. The summed E-state index contributed by atoms with van der Waals surface area (Å²) in [7, 11) is 0. The summed E-state index contributed by atoms with van der Waals surface area (Å²) in [6, 6.07) is 0. The van der Waals surface area contributed by atoms with Crippen molar-refractivity contribution in [3.63, 3.8) is 0 Å². The highest BCUT2D eigenvalue weighted by atomic mass is 16.5. The van der Waals surface area contributed by atoms with Gasteiger partial charge in [-0.3, -0.25) is 4.79 Å². The van der Waals surface area contributed by atoms with Crippen LogP contribution >= 0.6 is 0 Å². The number of hydrogen-bond acceptors (Lipinski definition) is 3. The lowest BCUT2D eigenvalue weighted by Gasteiger charge is -2.64. The van der Waals surface area contributed by atoms with Gasteiger partial charge in [-0.2, -0.15) is 0 Å². The molecule has 4 rings (SSSR count). The third kappa shape index (κ3) is 4.07. The van der Waals surface area contributed by atoms with Crippen molar-refractivity contribution in [3.05, 3.63) is 23.8 Å². The number of rotatable bonds is 6. The van der Waals surface area contributed by atoms with E-state index in [-0.39, 0.29) is 34.4 Å². The standard InChI is InChI=1S/C32H52O3/c1-20(2)26(34)12-10-21(3)23-14-18-32(9)25-11-13-27-29(5,6)28(35-22(4)33)16-17-30(27,7)24(25)15-19-31(23,32)8/h11,21,23-24,26-28,34H,1,10,12-19H2,2-9H3/t21-,23+,24+,26+,27+,28+,30-,31+,32-/m1/s1. The Labute approximate surface area is 215 Å². The molecule has 0 saturated heterocycles. The number of carbonyl (C=O) groups is 1. The van der Waals surface area contributed by atoms with E-state index in [0.29, 0.717) is 29.1 Å². The molecule has 35 heavy (non-hydrogen) atoms. The van der Waals surface area contributed by atoms with Crippen LogP contribution in [0.2, 0.25) is 0 Å². The average molecular weight is 485 g/mol. The molecule has 4 aliphatic rings. The molecule has 3 nitrogen and oxygen atoms in total. The number of aliphatic hydroxyl groups is 1. The van der Waals surface area contributed by atoms with E-state index in [2.05, 4.69) is 54.2 Å². The Bertz CT molecular complexity index is 885. The Morgan fingerprint density at radius 2 is 1.77 bits per heavy atom. The second-order valence-electron chi connectivity index (χ2n) is 14.3. The fourth-order valence-electron chi connectivity index (χ4n) is 9.92. The highest BCUT2D eigenvalue weighted by Crippen LogP contribution is 2.73. The minimum absolute atomic E-state index is 0.000794. The van der Waals surface area contributed by atoms with Crippen LogP contribution < -0.4 is 0 Å². The number of hydrogen-bond donors (Lipinski definition) is 1. The summed E-state index contributed by atoms with van der Waals surface area (Å²) >= 11 is 0.